The predicted octanol–water partition coefficient (Wildman–Crippen LogP) is 4.79. The molecule has 0 saturated heterocycles. The van der Waals surface area contributed by atoms with Gasteiger partial charge in [-0.15, -0.1) is 0 Å². The van der Waals surface area contributed by atoms with E-state index in [9.17, 15) is 9.59 Å². The van der Waals surface area contributed by atoms with Crippen LogP contribution in [0.25, 0.3) is 0 Å². The van der Waals surface area contributed by atoms with Crippen molar-refractivity contribution in [1.82, 2.24) is 10.2 Å². The van der Waals surface area contributed by atoms with Gasteiger partial charge in [0, 0.05) is 20.0 Å². The third kappa shape index (κ3) is 6.45. The molecule has 1 N–H and O–H groups in total. The first-order valence-corrected chi connectivity index (χ1v) is 11.0. The fraction of sp³-hybridized carbons (Fsp3) is 0.385. The quantitative estimate of drug-likeness (QED) is 0.593. The highest BCUT2D eigenvalue weighted by molar-refractivity contribution is 5.88. The summed E-state index contributed by atoms with van der Waals surface area (Å²) in [7, 11) is 1.62. The molecule has 0 bridgehead atoms. The molecule has 1 aliphatic rings. The van der Waals surface area contributed by atoms with Crippen molar-refractivity contribution in [2.45, 2.75) is 51.6 Å². The number of methoxy groups -OCH3 is 1. The third-order valence-corrected chi connectivity index (χ3v) is 5.72. The van der Waals surface area contributed by atoms with E-state index in [1.807, 2.05) is 54.6 Å². The second-order valence-corrected chi connectivity index (χ2v) is 7.96. The highest BCUT2D eigenvalue weighted by atomic mass is 16.5. The number of carbonyl (C=O) groups is 2. The van der Waals surface area contributed by atoms with Gasteiger partial charge in [-0.3, -0.25) is 9.59 Å². The minimum atomic E-state index is -0.680. The Kier molecular flexibility index (Phi) is 8.27. The fourth-order valence-corrected chi connectivity index (χ4v) is 3.99. The lowest BCUT2D eigenvalue weighted by Crippen LogP contribution is -2.42. The van der Waals surface area contributed by atoms with Crippen LogP contribution in [0.5, 0.6) is 5.75 Å². The zero-order valence-corrected chi connectivity index (χ0v) is 18.5. The Bertz CT molecular complexity index is 891. The van der Waals surface area contributed by atoms with Gasteiger partial charge in [0.25, 0.3) is 0 Å². The Morgan fingerprint density at radius 2 is 1.81 bits per heavy atom. The van der Waals surface area contributed by atoms with Crippen LogP contribution in [0.4, 0.5) is 0 Å². The molecule has 0 heterocycles. The average Bonchev–Trinajstić information content (AvgIpc) is 2.80. The number of nitrogens with one attached hydrogen (secondary N) is 1. The molecule has 2 aromatic carbocycles. The van der Waals surface area contributed by atoms with Gasteiger partial charge in [-0.05, 0) is 55.4 Å². The molecule has 0 fully saturated rings. The van der Waals surface area contributed by atoms with E-state index in [1.165, 1.54) is 25.3 Å². The van der Waals surface area contributed by atoms with Crippen molar-refractivity contribution in [1.29, 1.82) is 0 Å². The van der Waals surface area contributed by atoms with E-state index in [0.29, 0.717) is 13.1 Å². The highest BCUT2D eigenvalue weighted by Crippen LogP contribution is 2.25. The van der Waals surface area contributed by atoms with Crippen LogP contribution < -0.4 is 10.1 Å². The Balaban J connectivity index is 1.77. The number of hydrogen-bond acceptors (Lipinski definition) is 3. The first-order chi connectivity index (χ1) is 15.1. The minimum absolute atomic E-state index is 0.144. The molecule has 0 unspecified atom stereocenters. The van der Waals surface area contributed by atoms with Gasteiger partial charge in [-0.25, -0.2) is 0 Å². The predicted molar refractivity (Wildman–Crippen MR) is 123 cm³/mol. The first-order valence-electron chi connectivity index (χ1n) is 11.0. The summed E-state index contributed by atoms with van der Waals surface area (Å²) in [6, 6.07) is 16.4. The van der Waals surface area contributed by atoms with Crippen molar-refractivity contribution in [3.63, 3.8) is 0 Å². The average molecular weight is 421 g/mol. The Labute approximate surface area is 185 Å². The molecule has 164 valence electrons. The van der Waals surface area contributed by atoms with Crippen LogP contribution in [0.3, 0.4) is 0 Å². The number of allylic oxidation sites excluding steroid dienone is 1. The summed E-state index contributed by atoms with van der Waals surface area (Å²) >= 11 is 0. The van der Waals surface area contributed by atoms with Crippen LogP contribution in [-0.4, -0.2) is 30.4 Å². The molecular weight excluding hydrogens is 388 g/mol. The van der Waals surface area contributed by atoms with Crippen molar-refractivity contribution < 1.29 is 14.3 Å². The molecule has 0 radical (unpaired) electrons. The van der Waals surface area contributed by atoms with Crippen molar-refractivity contribution in [2.24, 2.45) is 0 Å². The topological polar surface area (TPSA) is 58.6 Å². The monoisotopic (exact) mass is 420 g/mol. The second-order valence-electron chi connectivity index (χ2n) is 7.96. The zero-order chi connectivity index (χ0) is 22.1. The molecule has 0 spiro atoms. The van der Waals surface area contributed by atoms with E-state index in [2.05, 4.69) is 11.4 Å². The van der Waals surface area contributed by atoms with Crippen molar-refractivity contribution in [2.75, 3.05) is 13.7 Å². The molecule has 0 saturated carbocycles. The van der Waals surface area contributed by atoms with E-state index >= 15 is 0 Å². The number of nitrogens with zero attached hydrogens (tertiary/aromatic N) is 1. The Hall–Kier alpha value is -3.08. The summed E-state index contributed by atoms with van der Waals surface area (Å²) in [6.45, 7) is 2.44. The Morgan fingerprint density at radius 3 is 2.42 bits per heavy atom. The van der Waals surface area contributed by atoms with Gasteiger partial charge in [0.05, 0.1) is 7.11 Å². The summed E-state index contributed by atoms with van der Waals surface area (Å²) < 4.78 is 5.22. The largest absolute Gasteiger partial charge is 0.497 e. The maximum absolute atomic E-state index is 13.3. The molecule has 1 atom stereocenters. The molecule has 31 heavy (non-hydrogen) atoms. The van der Waals surface area contributed by atoms with Gasteiger partial charge in [0.15, 0.2) is 0 Å². The molecule has 3 rings (SSSR count). The summed E-state index contributed by atoms with van der Waals surface area (Å²) in [5.74, 6) is 0.466. The van der Waals surface area contributed by atoms with E-state index in [-0.39, 0.29) is 11.8 Å². The van der Waals surface area contributed by atoms with Gasteiger partial charge < -0.3 is 15.0 Å². The van der Waals surface area contributed by atoms with Gasteiger partial charge in [-0.1, -0.05) is 54.1 Å². The van der Waals surface area contributed by atoms with Crippen LogP contribution >= 0.6 is 0 Å². The van der Waals surface area contributed by atoms with Crippen molar-refractivity contribution in [3.8, 4) is 5.75 Å². The van der Waals surface area contributed by atoms with Gasteiger partial charge in [0.2, 0.25) is 11.8 Å². The van der Waals surface area contributed by atoms with Gasteiger partial charge >= 0.3 is 0 Å². The normalized spacial score (nSPS) is 14.3. The smallest absolute Gasteiger partial charge is 0.247 e. The molecule has 0 aliphatic heterocycles. The van der Waals surface area contributed by atoms with Crippen LogP contribution in [0.2, 0.25) is 0 Å². The molecular formula is C26H32N2O3. The van der Waals surface area contributed by atoms with Crippen LogP contribution in [0.15, 0.2) is 66.2 Å². The Morgan fingerprint density at radius 1 is 1.06 bits per heavy atom. The van der Waals surface area contributed by atoms with Crippen LogP contribution in [0.1, 0.15) is 56.2 Å². The summed E-state index contributed by atoms with van der Waals surface area (Å²) in [5.41, 5.74) is 3.17. The molecule has 5 heteroatoms. The van der Waals surface area contributed by atoms with Crippen LogP contribution in [-0.2, 0) is 16.1 Å². The number of amides is 2. The number of hydrogen-bond donors (Lipinski definition) is 1. The molecule has 5 nitrogen and oxygen atoms in total. The zero-order valence-electron chi connectivity index (χ0n) is 18.5. The summed E-state index contributed by atoms with van der Waals surface area (Å²) in [6.07, 6.45) is 7.91. The SMILES string of the molecule is COc1ccc(CN(C(C)=O)[C@H](C(=O)NCCC2=CCCCC2)c2ccccc2)cc1. The minimum Gasteiger partial charge on any atom is -0.497 e. The highest BCUT2D eigenvalue weighted by Gasteiger charge is 2.29. The van der Waals surface area contributed by atoms with Gasteiger partial charge in [-0.2, -0.15) is 0 Å². The third-order valence-electron chi connectivity index (χ3n) is 5.72. The lowest BCUT2D eigenvalue weighted by atomic mass is 9.97. The van der Waals surface area contributed by atoms with Crippen molar-refractivity contribution in [3.05, 3.63) is 77.4 Å². The number of benzene rings is 2. The fourth-order valence-electron chi connectivity index (χ4n) is 3.99. The number of ether oxygens (including phenoxy) is 1. The standard InChI is InChI=1S/C26H32N2O3/c1-20(29)28(19-22-13-15-24(31-2)16-14-22)25(23-11-7-4-8-12-23)26(30)27-18-17-21-9-5-3-6-10-21/h4,7-9,11-16,25H,3,5-6,10,17-19H2,1-2H3,(H,27,30)/t25-/m0/s1. The molecule has 2 aromatic rings. The van der Waals surface area contributed by atoms with Crippen LogP contribution in [0, 0.1) is 0 Å². The molecule has 1 aliphatic carbocycles. The van der Waals surface area contributed by atoms with Crippen molar-refractivity contribution >= 4 is 11.8 Å². The van der Waals surface area contributed by atoms with E-state index in [0.717, 1.165) is 36.1 Å². The number of carbonyl (C=O) groups excluding carboxylic acids is 2. The summed E-state index contributed by atoms with van der Waals surface area (Å²) in [4.78, 5) is 27.5. The molecule has 2 amide bonds. The molecule has 0 aromatic heterocycles. The maximum Gasteiger partial charge on any atom is 0.247 e. The maximum atomic E-state index is 13.3. The second kappa shape index (κ2) is 11.3. The summed E-state index contributed by atoms with van der Waals surface area (Å²) in [5, 5.41) is 3.07. The lowest BCUT2D eigenvalue weighted by molar-refractivity contribution is -0.140. The number of rotatable bonds is 9. The lowest BCUT2D eigenvalue weighted by Gasteiger charge is -2.31. The first kappa shape index (κ1) is 22.6. The van der Waals surface area contributed by atoms with E-state index in [4.69, 9.17) is 4.74 Å². The van der Waals surface area contributed by atoms with E-state index < -0.39 is 6.04 Å². The van der Waals surface area contributed by atoms with E-state index in [1.54, 1.807) is 12.0 Å². The van der Waals surface area contributed by atoms with Gasteiger partial charge in [0.1, 0.15) is 11.8 Å².